The molecule has 2 fully saturated rings. The van der Waals surface area contributed by atoms with Crippen molar-refractivity contribution < 1.29 is 13.7 Å². The summed E-state index contributed by atoms with van der Waals surface area (Å²) >= 11 is 0. The van der Waals surface area contributed by atoms with Crippen LogP contribution in [0.5, 0.6) is 0 Å². The van der Waals surface area contributed by atoms with E-state index in [2.05, 4.69) is 15.4 Å². The molecular weight excluding hydrogens is 309 g/mol. The molecule has 4 rings (SSSR count). The lowest BCUT2D eigenvalue weighted by Crippen LogP contribution is -2.39. The summed E-state index contributed by atoms with van der Waals surface area (Å²) in [6, 6.07) is 8.22. The summed E-state index contributed by atoms with van der Waals surface area (Å²) in [5, 5.41) is 6.96. The largest absolute Gasteiger partial charge is 0.360 e. The predicted octanol–water partition coefficient (Wildman–Crippen LogP) is 2.87. The fourth-order valence-corrected chi connectivity index (χ4v) is 3.44. The van der Waals surface area contributed by atoms with Crippen LogP contribution in [0.3, 0.4) is 0 Å². The van der Waals surface area contributed by atoms with Crippen molar-refractivity contribution in [3.8, 4) is 0 Å². The normalized spacial score (nSPS) is 24.2. The van der Waals surface area contributed by atoms with E-state index in [1.165, 1.54) is 12.1 Å². The fraction of sp³-hybridized carbons (Fsp3) is 0.444. The first-order valence-corrected chi connectivity index (χ1v) is 8.35. The molecule has 1 saturated carbocycles. The second-order valence-electron chi connectivity index (χ2n) is 6.73. The number of halogens is 1. The first-order chi connectivity index (χ1) is 11.6. The molecule has 1 aliphatic heterocycles. The van der Waals surface area contributed by atoms with Gasteiger partial charge >= 0.3 is 0 Å². The molecule has 126 valence electrons. The van der Waals surface area contributed by atoms with E-state index < -0.39 is 0 Å². The van der Waals surface area contributed by atoms with Crippen molar-refractivity contribution in [2.45, 2.75) is 37.3 Å². The Morgan fingerprint density at radius 1 is 1.29 bits per heavy atom. The number of likely N-dealkylation sites (N-methyl/N-ethyl adjacent to an activating group) is 1. The van der Waals surface area contributed by atoms with Gasteiger partial charge in [-0.15, -0.1) is 0 Å². The molecule has 2 heterocycles. The molecule has 1 N–H and O–H groups in total. The van der Waals surface area contributed by atoms with Crippen LogP contribution in [0.2, 0.25) is 0 Å². The quantitative estimate of drug-likeness (QED) is 0.937. The second kappa shape index (κ2) is 6.02. The van der Waals surface area contributed by atoms with Crippen molar-refractivity contribution in [2.24, 2.45) is 0 Å². The molecule has 5 nitrogen and oxygen atoms in total. The summed E-state index contributed by atoms with van der Waals surface area (Å²) in [4.78, 5) is 14.7. The molecule has 2 aliphatic rings. The molecule has 1 aromatic heterocycles. The van der Waals surface area contributed by atoms with Crippen molar-refractivity contribution >= 4 is 5.91 Å². The summed E-state index contributed by atoms with van der Waals surface area (Å²) in [6.07, 6.45) is 3.06. The molecule has 0 unspecified atom stereocenters. The number of hydrogen-bond donors (Lipinski definition) is 1. The van der Waals surface area contributed by atoms with Gasteiger partial charge < -0.3 is 9.84 Å². The summed E-state index contributed by atoms with van der Waals surface area (Å²) in [5.74, 6) is 0.774. The highest BCUT2D eigenvalue weighted by molar-refractivity contribution is 5.92. The highest BCUT2D eigenvalue weighted by Gasteiger charge is 2.35. The molecule has 1 saturated heterocycles. The van der Waals surface area contributed by atoms with E-state index in [0.717, 1.165) is 37.1 Å². The lowest BCUT2D eigenvalue weighted by atomic mass is 10.00. The fourth-order valence-electron chi connectivity index (χ4n) is 3.44. The highest BCUT2D eigenvalue weighted by atomic mass is 19.1. The number of rotatable bonds is 4. The Hall–Kier alpha value is -2.21. The van der Waals surface area contributed by atoms with E-state index in [-0.39, 0.29) is 23.8 Å². The summed E-state index contributed by atoms with van der Waals surface area (Å²) in [7, 11) is 2.02. The van der Waals surface area contributed by atoms with Crippen LogP contribution >= 0.6 is 0 Å². The van der Waals surface area contributed by atoms with Crippen molar-refractivity contribution in [3.63, 3.8) is 0 Å². The minimum atomic E-state index is -0.254. The maximum Gasteiger partial charge on any atom is 0.273 e. The Kier molecular flexibility index (Phi) is 3.84. The van der Waals surface area contributed by atoms with Gasteiger partial charge in [-0.1, -0.05) is 17.3 Å². The monoisotopic (exact) mass is 329 g/mol. The summed E-state index contributed by atoms with van der Waals surface area (Å²) in [6.45, 7) is 0.874. The molecule has 1 amide bonds. The molecule has 2 atom stereocenters. The third-order valence-electron chi connectivity index (χ3n) is 4.92. The molecule has 24 heavy (non-hydrogen) atoms. The number of nitrogens with one attached hydrogen (secondary N) is 1. The van der Waals surface area contributed by atoms with E-state index in [1.807, 2.05) is 7.05 Å². The van der Waals surface area contributed by atoms with Crippen LogP contribution in [0.4, 0.5) is 4.39 Å². The Bertz CT molecular complexity index is 739. The number of amides is 1. The maximum atomic E-state index is 13.2. The van der Waals surface area contributed by atoms with E-state index in [0.29, 0.717) is 11.6 Å². The first kappa shape index (κ1) is 15.3. The third-order valence-corrected chi connectivity index (χ3v) is 4.92. The predicted molar refractivity (Wildman–Crippen MR) is 86.1 cm³/mol. The average Bonchev–Trinajstić information content (AvgIpc) is 3.19. The van der Waals surface area contributed by atoms with Crippen molar-refractivity contribution in [3.05, 3.63) is 53.2 Å². The zero-order chi connectivity index (χ0) is 16.7. The molecule has 1 aliphatic carbocycles. The Labute approximate surface area is 139 Å². The van der Waals surface area contributed by atoms with Gasteiger partial charge in [0.15, 0.2) is 5.69 Å². The molecule has 1 aromatic carbocycles. The third kappa shape index (κ3) is 2.94. The van der Waals surface area contributed by atoms with Gasteiger partial charge in [-0.3, -0.25) is 9.69 Å². The minimum Gasteiger partial charge on any atom is -0.360 e. The molecule has 0 bridgehead atoms. The van der Waals surface area contributed by atoms with Crippen LogP contribution < -0.4 is 5.32 Å². The number of likely N-dealkylation sites (tertiary alicyclic amines) is 1. The maximum absolute atomic E-state index is 13.2. The van der Waals surface area contributed by atoms with Crippen LogP contribution in [-0.4, -0.2) is 35.6 Å². The van der Waals surface area contributed by atoms with Crippen LogP contribution in [0.1, 0.15) is 53.0 Å². The molecule has 0 spiro atoms. The second-order valence-corrected chi connectivity index (χ2v) is 6.73. The van der Waals surface area contributed by atoms with Gasteiger partial charge in [-0.2, -0.15) is 0 Å². The Morgan fingerprint density at radius 3 is 2.75 bits per heavy atom. The number of carbonyl (C=O) groups excluding carboxylic acids is 1. The number of benzene rings is 1. The van der Waals surface area contributed by atoms with Crippen LogP contribution in [-0.2, 0) is 0 Å². The van der Waals surface area contributed by atoms with Gasteiger partial charge in [0.2, 0.25) is 0 Å². The zero-order valence-electron chi connectivity index (χ0n) is 13.5. The van der Waals surface area contributed by atoms with Gasteiger partial charge in [0, 0.05) is 18.5 Å². The summed E-state index contributed by atoms with van der Waals surface area (Å²) in [5.41, 5.74) is 1.34. The van der Waals surface area contributed by atoms with Gasteiger partial charge in [-0.25, -0.2) is 4.39 Å². The lowest BCUT2D eigenvalue weighted by molar-refractivity contribution is 0.0918. The van der Waals surface area contributed by atoms with Crippen LogP contribution in [0.25, 0.3) is 0 Å². The molecular formula is C18H20FN3O2. The smallest absolute Gasteiger partial charge is 0.273 e. The molecule has 2 aromatic rings. The topological polar surface area (TPSA) is 58.4 Å². The zero-order valence-corrected chi connectivity index (χ0v) is 13.5. The lowest BCUT2D eigenvalue weighted by Gasteiger charge is -2.26. The minimum absolute atomic E-state index is 0.0318. The van der Waals surface area contributed by atoms with Crippen molar-refractivity contribution in [1.82, 2.24) is 15.4 Å². The number of aromatic nitrogens is 1. The van der Waals surface area contributed by atoms with Gasteiger partial charge in [-0.05, 0) is 44.0 Å². The van der Waals surface area contributed by atoms with E-state index in [4.69, 9.17) is 4.52 Å². The number of hydrogen-bond acceptors (Lipinski definition) is 4. The Balaban J connectivity index is 1.49. The SMILES string of the molecule is CN1CC[C@H](NC(=O)c2cc(C3CC3)on2)[C@@H]1c1ccc(F)cc1. The molecule has 0 radical (unpaired) electrons. The van der Waals surface area contributed by atoms with Gasteiger partial charge in [0.1, 0.15) is 11.6 Å². The first-order valence-electron chi connectivity index (χ1n) is 8.35. The van der Waals surface area contributed by atoms with E-state index >= 15 is 0 Å². The number of nitrogens with zero attached hydrogens (tertiary/aromatic N) is 2. The van der Waals surface area contributed by atoms with Gasteiger partial charge in [0.05, 0.1) is 12.1 Å². The molecule has 6 heteroatoms. The van der Waals surface area contributed by atoms with Crippen molar-refractivity contribution in [1.29, 1.82) is 0 Å². The Morgan fingerprint density at radius 2 is 2.04 bits per heavy atom. The highest BCUT2D eigenvalue weighted by Crippen LogP contribution is 2.40. The standard InChI is InChI=1S/C18H20FN3O2/c1-22-9-8-14(17(22)12-4-6-13(19)7-5-12)20-18(23)15-10-16(24-21-15)11-2-3-11/h4-7,10-11,14,17H,2-3,8-9H2,1H3,(H,20,23)/t14-,17-/m0/s1. The van der Waals surface area contributed by atoms with Crippen LogP contribution in [0, 0.1) is 5.82 Å². The van der Waals surface area contributed by atoms with E-state index in [9.17, 15) is 9.18 Å². The number of carbonyl (C=O) groups is 1. The summed E-state index contributed by atoms with van der Waals surface area (Å²) < 4.78 is 18.4. The van der Waals surface area contributed by atoms with Gasteiger partial charge in [0.25, 0.3) is 5.91 Å². The van der Waals surface area contributed by atoms with Crippen molar-refractivity contribution in [2.75, 3.05) is 13.6 Å². The van der Waals surface area contributed by atoms with E-state index in [1.54, 1.807) is 18.2 Å². The van der Waals surface area contributed by atoms with Crippen LogP contribution in [0.15, 0.2) is 34.9 Å². The average molecular weight is 329 g/mol.